The molecule has 1 N–H and O–H groups in total. The van der Waals surface area contributed by atoms with Gasteiger partial charge in [0.15, 0.2) is 0 Å². The second-order valence-electron chi connectivity index (χ2n) is 9.66. The monoisotopic (exact) mass is 479 g/mol. The molecule has 0 fully saturated rings. The number of aryl methyl sites for hydroxylation is 2. The van der Waals surface area contributed by atoms with Crippen molar-refractivity contribution in [3.8, 4) is 17.2 Å². The molecule has 0 aliphatic heterocycles. The van der Waals surface area contributed by atoms with Gasteiger partial charge in [-0.25, -0.2) is 0 Å². The molecule has 0 bridgehead atoms. The van der Waals surface area contributed by atoms with E-state index in [1.807, 2.05) is 80.6 Å². The Hall–Kier alpha value is -4.05. The maximum Gasteiger partial charge on any atom is 0.228 e. The number of anilines is 1. The van der Waals surface area contributed by atoms with Crippen LogP contribution >= 0.6 is 0 Å². The maximum atomic E-state index is 12.6. The average molecular weight is 480 g/mol. The lowest BCUT2D eigenvalue weighted by molar-refractivity contribution is -0.115. The summed E-state index contributed by atoms with van der Waals surface area (Å²) in [6.07, 6.45) is 0.284. The van der Waals surface area contributed by atoms with Crippen LogP contribution in [0.15, 0.2) is 91.0 Å². The zero-order chi connectivity index (χ0) is 25.7. The first kappa shape index (κ1) is 25.1. The predicted octanol–water partition coefficient (Wildman–Crippen LogP) is 7.61. The summed E-state index contributed by atoms with van der Waals surface area (Å²) in [5.74, 6) is 2.26. The van der Waals surface area contributed by atoms with Crippen LogP contribution in [0, 0.1) is 13.8 Å². The molecule has 0 saturated heterocycles. The molecule has 0 unspecified atom stereocenters. The first-order valence-corrected chi connectivity index (χ1v) is 12.1. The molecule has 0 aliphatic rings. The summed E-state index contributed by atoms with van der Waals surface area (Å²) in [6.45, 7) is 8.43. The maximum absolute atomic E-state index is 12.6. The molecular weight excluding hydrogens is 446 g/mol. The first-order valence-electron chi connectivity index (χ1n) is 12.1. The van der Waals surface area contributed by atoms with Gasteiger partial charge in [-0.3, -0.25) is 4.79 Å². The molecule has 0 saturated carbocycles. The van der Waals surface area contributed by atoms with E-state index in [1.54, 1.807) is 7.11 Å². The normalized spacial score (nSPS) is 11.1. The SMILES string of the molecule is COc1ccc(C(C)(C)c2ccc(Oc3ccc(C)c(CC(=O)Nc4cccc(C)c4)c3)cc2)cc1. The number of carbonyl (C=O) groups excluding carboxylic acids is 1. The van der Waals surface area contributed by atoms with E-state index in [-0.39, 0.29) is 17.7 Å². The summed E-state index contributed by atoms with van der Waals surface area (Å²) in [6, 6.07) is 30.1. The molecular formula is C32H33NO3. The number of benzene rings is 4. The Morgan fingerprint density at radius 3 is 2.00 bits per heavy atom. The lowest BCUT2D eigenvalue weighted by Crippen LogP contribution is -2.18. The van der Waals surface area contributed by atoms with Crippen LogP contribution < -0.4 is 14.8 Å². The topological polar surface area (TPSA) is 47.6 Å². The summed E-state index contributed by atoms with van der Waals surface area (Å²) in [5, 5.41) is 2.98. The van der Waals surface area contributed by atoms with Crippen molar-refractivity contribution in [1.29, 1.82) is 0 Å². The van der Waals surface area contributed by atoms with Crippen molar-refractivity contribution in [3.05, 3.63) is 119 Å². The molecule has 0 spiro atoms. The summed E-state index contributed by atoms with van der Waals surface area (Å²) in [7, 11) is 1.68. The number of ether oxygens (including phenoxy) is 2. The van der Waals surface area contributed by atoms with Crippen LogP contribution in [0.25, 0.3) is 0 Å². The number of hydrogen-bond donors (Lipinski definition) is 1. The molecule has 4 aromatic rings. The van der Waals surface area contributed by atoms with Gasteiger partial charge in [0, 0.05) is 11.1 Å². The Morgan fingerprint density at radius 2 is 1.39 bits per heavy atom. The molecule has 36 heavy (non-hydrogen) atoms. The number of carbonyl (C=O) groups is 1. The van der Waals surface area contributed by atoms with E-state index in [4.69, 9.17) is 9.47 Å². The van der Waals surface area contributed by atoms with Crippen LogP contribution in [0.1, 0.15) is 41.7 Å². The van der Waals surface area contributed by atoms with Crippen molar-refractivity contribution in [2.45, 2.75) is 39.5 Å². The molecule has 1 amide bonds. The Morgan fingerprint density at radius 1 is 0.778 bits per heavy atom. The van der Waals surface area contributed by atoms with E-state index in [0.717, 1.165) is 33.9 Å². The zero-order valence-corrected chi connectivity index (χ0v) is 21.6. The molecule has 4 aromatic carbocycles. The van der Waals surface area contributed by atoms with Gasteiger partial charge in [0.1, 0.15) is 17.2 Å². The Bertz CT molecular complexity index is 1340. The molecule has 0 radical (unpaired) electrons. The van der Waals surface area contributed by atoms with Crippen molar-refractivity contribution >= 4 is 11.6 Å². The largest absolute Gasteiger partial charge is 0.497 e. The highest BCUT2D eigenvalue weighted by Crippen LogP contribution is 2.34. The summed E-state index contributed by atoms with van der Waals surface area (Å²) in [5.41, 5.74) is 6.15. The second-order valence-corrected chi connectivity index (χ2v) is 9.66. The minimum Gasteiger partial charge on any atom is -0.497 e. The van der Waals surface area contributed by atoms with Crippen LogP contribution in [0.4, 0.5) is 5.69 Å². The molecule has 4 heteroatoms. The number of methoxy groups -OCH3 is 1. The molecule has 0 aromatic heterocycles. The van der Waals surface area contributed by atoms with Gasteiger partial charge < -0.3 is 14.8 Å². The average Bonchev–Trinajstić information content (AvgIpc) is 2.86. The smallest absolute Gasteiger partial charge is 0.228 e. The van der Waals surface area contributed by atoms with Crippen LogP contribution in [0.3, 0.4) is 0 Å². The highest BCUT2D eigenvalue weighted by molar-refractivity contribution is 5.92. The fourth-order valence-electron chi connectivity index (χ4n) is 4.25. The molecule has 4 rings (SSSR count). The number of nitrogens with one attached hydrogen (secondary N) is 1. The number of amides is 1. The van der Waals surface area contributed by atoms with Crippen molar-refractivity contribution in [1.82, 2.24) is 0 Å². The van der Waals surface area contributed by atoms with Gasteiger partial charge in [0.2, 0.25) is 5.91 Å². The minimum absolute atomic E-state index is 0.0500. The molecule has 0 aliphatic carbocycles. The lowest BCUT2D eigenvalue weighted by atomic mass is 9.78. The Kier molecular flexibility index (Phi) is 7.44. The third kappa shape index (κ3) is 5.95. The van der Waals surface area contributed by atoms with E-state index in [9.17, 15) is 4.79 Å². The van der Waals surface area contributed by atoms with Crippen molar-refractivity contribution in [2.24, 2.45) is 0 Å². The minimum atomic E-state index is -0.160. The molecule has 0 atom stereocenters. The Balaban J connectivity index is 1.44. The van der Waals surface area contributed by atoms with Gasteiger partial charge in [-0.1, -0.05) is 56.3 Å². The molecule has 184 valence electrons. The standard InChI is InChI=1S/C32H33NO3/c1-22-7-6-8-27(19-22)33-31(34)21-24-20-30(14-9-23(24)2)36-29-17-12-26(13-18-29)32(3,4)25-10-15-28(35-5)16-11-25/h6-20H,21H2,1-5H3,(H,33,34). The highest BCUT2D eigenvalue weighted by atomic mass is 16.5. The van der Waals surface area contributed by atoms with E-state index in [1.165, 1.54) is 11.1 Å². The van der Waals surface area contributed by atoms with E-state index in [0.29, 0.717) is 5.75 Å². The fourth-order valence-corrected chi connectivity index (χ4v) is 4.25. The van der Waals surface area contributed by atoms with E-state index < -0.39 is 0 Å². The number of hydrogen-bond acceptors (Lipinski definition) is 3. The third-order valence-corrected chi connectivity index (χ3v) is 6.60. The van der Waals surface area contributed by atoms with Gasteiger partial charge in [0.05, 0.1) is 13.5 Å². The zero-order valence-electron chi connectivity index (χ0n) is 21.6. The van der Waals surface area contributed by atoms with Crippen LogP contribution in [0.5, 0.6) is 17.2 Å². The van der Waals surface area contributed by atoms with Crippen LogP contribution in [-0.2, 0) is 16.6 Å². The second kappa shape index (κ2) is 10.7. The van der Waals surface area contributed by atoms with Crippen LogP contribution in [0.2, 0.25) is 0 Å². The molecule has 0 heterocycles. The quantitative estimate of drug-likeness (QED) is 0.283. The molecule has 4 nitrogen and oxygen atoms in total. The summed E-state index contributed by atoms with van der Waals surface area (Å²) >= 11 is 0. The Labute approximate surface area is 213 Å². The first-order chi connectivity index (χ1) is 17.2. The van der Waals surface area contributed by atoms with Gasteiger partial charge in [0.25, 0.3) is 0 Å². The third-order valence-electron chi connectivity index (χ3n) is 6.60. The van der Waals surface area contributed by atoms with Gasteiger partial charge in [-0.15, -0.1) is 0 Å². The number of rotatable bonds is 8. The van der Waals surface area contributed by atoms with Gasteiger partial charge in [-0.05, 0) is 90.2 Å². The highest BCUT2D eigenvalue weighted by Gasteiger charge is 2.23. The lowest BCUT2D eigenvalue weighted by Gasteiger charge is -2.26. The summed E-state index contributed by atoms with van der Waals surface area (Å²) in [4.78, 5) is 12.6. The van der Waals surface area contributed by atoms with Gasteiger partial charge >= 0.3 is 0 Å². The van der Waals surface area contributed by atoms with Crippen molar-refractivity contribution in [2.75, 3.05) is 12.4 Å². The van der Waals surface area contributed by atoms with Gasteiger partial charge in [-0.2, -0.15) is 0 Å². The van der Waals surface area contributed by atoms with E-state index >= 15 is 0 Å². The summed E-state index contributed by atoms with van der Waals surface area (Å²) < 4.78 is 11.4. The predicted molar refractivity (Wildman–Crippen MR) is 146 cm³/mol. The fraction of sp³-hybridized carbons (Fsp3) is 0.219. The van der Waals surface area contributed by atoms with Crippen molar-refractivity contribution in [3.63, 3.8) is 0 Å². The van der Waals surface area contributed by atoms with Crippen LogP contribution in [-0.4, -0.2) is 13.0 Å². The van der Waals surface area contributed by atoms with E-state index in [2.05, 4.69) is 43.4 Å². The van der Waals surface area contributed by atoms with Crippen molar-refractivity contribution < 1.29 is 14.3 Å².